The molecule has 1 heterocycles. The van der Waals surface area contributed by atoms with Crippen molar-refractivity contribution in [3.05, 3.63) is 24.3 Å². The molecule has 0 bridgehead atoms. The van der Waals surface area contributed by atoms with Gasteiger partial charge in [0, 0.05) is 46.2 Å². The minimum Gasteiger partial charge on any atom is -0.376 e. The Morgan fingerprint density at radius 1 is 0.962 bits per heavy atom. The lowest BCUT2D eigenvalue weighted by molar-refractivity contribution is -0.137. The lowest BCUT2D eigenvalue weighted by Gasteiger charge is -2.37. The Hall–Kier alpha value is -2.24. The van der Waals surface area contributed by atoms with Crippen molar-refractivity contribution in [3.63, 3.8) is 0 Å². The first-order valence-electron chi connectivity index (χ1n) is 9.67. The largest absolute Gasteiger partial charge is 0.376 e. The van der Waals surface area contributed by atoms with Crippen molar-refractivity contribution in [1.29, 1.82) is 0 Å². The summed E-state index contributed by atoms with van der Waals surface area (Å²) in [4.78, 5) is 31.0. The summed E-state index contributed by atoms with van der Waals surface area (Å²) in [6, 6.07) is 7.68. The molecule has 0 aromatic heterocycles. The number of benzene rings is 1. The van der Waals surface area contributed by atoms with Gasteiger partial charge in [0.2, 0.25) is 5.91 Å². The van der Waals surface area contributed by atoms with Gasteiger partial charge in [-0.3, -0.25) is 4.79 Å². The van der Waals surface area contributed by atoms with E-state index in [0.29, 0.717) is 32.1 Å². The third-order valence-electron chi connectivity index (χ3n) is 5.46. The van der Waals surface area contributed by atoms with Crippen molar-refractivity contribution in [2.75, 3.05) is 50.5 Å². The maximum absolute atomic E-state index is 12.6. The Morgan fingerprint density at radius 3 is 2.23 bits per heavy atom. The molecule has 1 aromatic carbocycles. The van der Waals surface area contributed by atoms with Gasteiger partial charge in [-0.05, 0) is 25.0 Å². The van der Waals surface area contributed by atoms with Gasteiger partial charge in [-0.15, -0.1) is 0 Å². The van der Waals surface area contributed by atoms with E-state index in [4.69, 9.17) is 0 Å². The minimum atomic E-state index is -0.0935. The molecule has 26 heavy (non-hydrogen) atoms. The number of amides is 3. The normalized spacial score (nSPS) is 18.5. The third kappa shape index (κ3) is 4.29. The molecule has 2 aliphatic rings. The van der Waals surface area contributed by atoms with Crippen LogP contribution in [0.15, 0.2) is 24.3 Å². The smallest absolute Gasteiger partial charge is 0.322 e. The molecule has 1 saturated heterocycles. The lowest BCUT2D eigenvalue weighted by Crippen LogP contribution is -2.53. The van der Waals surface area contributed by atoms with Crippen LogP contribution in [0.25, 0.3) is 0 Å². The van der Waals surface area contributed by atoms with Crippen LogP contribution < -0.4 is 10.2 Å². The molecule has 3 rings (SSSR count). The van der Waals surface area contributed by atoms with Gasteiger partial charge >= 0.3 is 6.03 Å². The summed E-state index contributed by atoms with van der Waals surface area (Å²) in [5, 5.41) is 3.01. The van der Waals surface area contributed by atoms with E-state index in [2.05, 4.69) is 5.32 Å². The van der Waals surface area contributed by atoms with Gasteiger partial charge in [-0.2, -0.15) is 0 Å². The zero-order valence-electron chi connectivity index (χ0n) is 15.9. The van der Waals surface area contributed by atoms with Crippen LogP contribution in [0.3, 0.4) is 0 Å². The maximum Gasteiger partial charge on any atom is 0.322 e. The summed E-state index contributed by atoms with van der Waals surface area (Å²) in [6.45, 7) is 2.46. The number of carbonyl (C=O) groups excluding carboxylic acids is 2. The van der Waals surface area contributed by atoms with Gasteiger partial charge in [0.25, 0.3) is 0 Å². The standard InChI is InChI=1S/C20H30N4O2/c1-22(2)18-11-7-6-10-17(18)21-20(26)24-14-12-23(13-15-24)19(25)16-8-4-3-5-9-16/h6-7,10-11,16H,3-5,8-9,12-15H2,1-2H3,(H,21,26). The summed E-state index contributed by atoms with van der Waals surface area (Å²) < 4.78 is 0. The fourth-order valence-electron chi connectivity index (χ4n) is 3.90. The molecular formula is C20H30N4O2. The van der Waals surface area contributed by atoms with E-state index in [0.717, 1.165) is 24.2 Å². The van der Waals surface area contributed by atoms with Gasteiger partial charge in [-0.1, -0.05) is 31.4 Å². The van der Waals surface area contributed by atoms with Crippen LogP contribution in [-0.4, -0.2) is 62.0 Å². The van der Waals surface area contributed by atoms with E-state index in [9.17, 15) is 9.59 Å². The van der Waals surface area contributed by atoms with E-state index in [-0.39, 0.29) is 11.9 Å². The molecule has 0 unspecified atom stereocenters. The van der Waals surface area contributed by atoms with Crippen LogP contribution in [0.4, 0.5) is 16.2 Å². The molecular weight excluding hydrogens is 328 g/mol. The highest BCUT2D eigenvalue weighted by molar-refractivity contribution is 5.93. The average molecular weight is 358 g/mol. The fraction of sp³-hybridized carbons (Fsp3) is 0.600. The van der Waals surface area contributed by atoms with Gasteiger partial charge < -0.3 is 20.0 Å². The number of para-hydroxylation sites is 2. The van der Waals surface area contributed by atoms with E-state index in [1.807, 2.05) is 48.2 Å². The first kappa shape index (κ1) is 18.5. The highest BCUT2D eigenvalue weighted by Gasteiger charge is 2.29. The van der Waals surface area contributed by atoms with Gasteiger partial charge in [-0.25, -0.2) is 4.79 Å². The topological polar surface area (TPSA) is 55.9 Å². The fourth-order valence-corrected chi connectivity index (χ4v) is 3.90. The van der Waals surface area contributed by atoms with Crippen LogP contribution >= 0.6 is 0 Å². The van der Waals surface area contributed by atoms with Crippen molar-refractivity contribution in [2.24, 2.45) is 5.92 Å². The summed E-state index contributed by atoms with van der Waals surface area (Å²) in [6.07, 6.45) is 5.65. The molecule has 3 amide bonds. The van der Waals surface area contributed by atoms with Crippen LogP contribution in [-0.2, 0) is 4.79 Å². The molecule has 0 radical (unpaired) electrons. The zero-order chi connectivity index (χ0) is 18.5. The Bertz CT molecular complexity index is 632. The summed E-state index contributed by atoms with van der Waals surface area (Å²) in [7, 11) is 3.92. The van der Waals surface area contributed by atoms with E-state index >= 15 is 0 Å². The van der Waals surface area contributed by atoms with Crippen LogP contribution in [0.5, 0.6) is 0 Å². The van der Waals surface area contributed by atoms with Crippen LogP contribution in [0.1, 0.15) is 32.1 Å². The first-order valence-corrected chi connectivity index (χ1v) is 9.67. The Kier molecular flexibility index (Phi) is 6.01. The Morgan fingerprint density at radius 2 is 1.58 bits per heavy atom. The third-order valence-corrected chi connectivity index (χ3v) is 5.46. The number of rotatable bonds is 3. The maximum atomic E-state index is 12.6. The average Bonchev–Trinajstić information content (AvgIpc) is 2.68. The summed E-state index contributed by atoms with van der Waals surface area (Å²) in [5.74, 6) is 0.499. The molecule has 2 fully saturated rings. The number of piperazine rings is 1. The Balaban J connectivity index is 1.53. The zero-order valence-corrected chi connectivity index (χ0v) is 15.9. The number of nitrogens with one attached hydrogen (secondary N) is 1. The molecule has 1 saturated carbocycles. The predicted octanol–water partition coefficient (Wildman–Crippen LogP) is 3.01. The van der Waals surface area contributed by atoms with E-state index in [1.54, 1.807) is 4.90 Å². The van der Waals surface area contributed by atoms with Gasteiger partial charge in [0.1, 0.15) is 0 Å². The molecule has 1 aliphatic heterocycles. The highest BCUT2D eigenvalue weighted by atomic mass is 16.2. The predicted molar refractivity (Wildman–Crippen MR) is 105 cm³/mol. The molecule has 1 aromatic rings. The number of anilines is 2. The summed E-state index contributed by atoms with van der Waals surface area (Å²) >= 11 is 0. The molecule has 142 valence electrons. The molecule has 0 spiro atoms. The second-order valence-electron chi connectivity index (χ2n) is 7.49. The van der Waals surface area contributed by atoms with Gasteiger partial charge in [0.05, 0.1) is 11.4 Å². The van der Waals surface area contributed by atoms with Crippen molar-refractivity contribution in [2.45, 2.75) is 32.1 Å². The van der Waals surface area contributed by atoms with Crippen molar-refractivity contribution in [3.8, 4) is 0 Å². The quantitative estimate of drug-likeness (QED) is 0.904. The monoisotopic (exact) mass is 358 g/mol. The van der Waals surface area contributed by atoms with E-state index < -0.39 is 0 Å². The van der Waals surface area contributed by atoms with E-state index in [1.165, 1.54) is 19.3 Å². The second-order valence-corrected chi connectivity index (χ2v) is 7.49. The number of urea groups is 1. The number of hydrogen-bond acceptors (Lipinski definition) is 3. The summed E-state index contributed by atoms with van der Waals surface area (Å²) in [5.41, 5.74) is 1.79. The molecule has 0 atom stereocenters. The number of nitrogens with zero attached hydrogens (tertiary/aromatic N) is 3. The van der Waals surface area contributed by atoms with Crippen LogP contribution in [0.2, 0.25) is 0 Å². The molecule has 1 aliphatic carbocycles. The van der Waals surface area contributed by atoms with Crippen molar-refractivity contribution >= 4 is 23.3 Å². The number of carbonyl (C=O) groups is 2. The number of hydrogen-bond donors (Lipinski definition) is 1. The Labute approximate surface area is 156 Å². The van der Waals surface area contributed by atoms with Crippen molar-refractivity contribution in [1.82, 2.24) is 9.80 Å². The molecule has 6 nitrogen and oxygen atoms in total. The first-order chi connectivity index (χ1) is 12.6. The molecule has 1 N–H and O–H groups in total. The lowest BCUT2D eigenvalue weighted by atomic mass is 9.88. The minimum absolute atomic E-state index is 0.0935. The van der Waals surface area contributed by atoms with Crippen molar-refractivity contribution < 1.29 is 9.59 Å². The SMILES string of the molecule is CN(C)c1ccccc1NC(=O)N1CCN(C(=O)C2CCCCC2)CC1. The van der Waals surface area contributed by atoms with Gasteiger partial charge in [0.15, 0.2) is 0 Å². The molecule has 6 heteroatoms. The second kappa shape index (κ2) is 8.43. The van der Waals surface area contributed by atoms with Crippen LogP contribution in [0, 0.1) is 5.92 Å². The highest BCUT2D eigenvalue weighted by Crippen LogP contribution is 2.26.